The van der Waals surface area contributed by atoms with Crippen molar-refractivity contribution in [1.29, 1.82) is 0 Å². The Labute approximate surface area is 174 Å². The molecule has 2 unspecified atom stereocenters. The molecule has 2 nitrogen and oxygen atoms in total. The Hall–Kier alpha value is -2.13. The van der Waals surface area contributed by atoms with Gasteiger partial charge in [0, 0.05) is 39.1 Å². The molecule has 0 N–H and O–H groups in total. The van der Waals surface area contributed by atoms with E-state index < -0.39 is 0 Å². The van der Waals surface area contributed by atoms with Gasteiger partial charge in [0.25, 0.3) is 0 Å². The van der Waals surface area contributed by atoms with Gasteiger partial charge in [0.1, 0.15) is 0 Å². The van der Waals surface area contributed by atoms with E-state index in [1.54, 1.807) is 0 Å². The minimum Gasteiger partial charge on any atom is -0.297 e. The van der Waals surface area contributed by atoms with Crippen LogP contribution in [0.5, 0.6) is 0 Å². The third kappa shape index (κ3) is 4.64. The van der Waals surface area contributed by atoms with Crippen LogP contribution in [-0.2, 0) is 6.52 Å². The molecule has 144 valence electrons. The number of hydrogen-bond donors (Lipinski definition) is 0. The van der Waals surface area contributed by atoms with Gasteiger partial charge < -0.3 is 0 Å². The van der Waals surface area contributed by atoms with Crippen molar-refractivity contribution < 1.29 is 1.37 Å². The van der Waals surface area contributed by atoms with Crippen LogP contribution in [0.4, 0.5) is 0 Å². The highest BCUT2D eigenvalue weighted by Gasteiger charge is 2.26. The van der Waals surface area contributed by atoms with Crippen LogP contribution in [0.1, 0.15) is 29.7 Å². The van der Waals surface area contributed by atoms with Crippen LogP contribution in [0.15, 0.2) is 78.9 Å². The standard InChI is InChI=1S/C25H27ClN2/c1-20-6-5-7-21(18-20)19-27-14-16-28(17-15-27)25(22-8-3-2-4-9-22)23-10-12-24(26)13-11-23/h2-13,18,25H,14-17,19H2,1H3/i19D. The van der Waals surface area contributed by atoms with Gasteiger partial charge in [-0.1, -0.05) is 83.9 Å². The van der Waals surface area contributed by atoms with Gasteiger partial charge in [-0.15, -0.1) is 0 Å². The number of aryl methyl sites for hydroxylation is 1. The summed E-state index contributed by atoms with van der Waals surface area (Å²) in [7, 11) is 0. The normalized spacial score (nSPS) is 18.4. The lowest BCUT2D eigenvalue weighted by atomic mass is 9.96. The Balaban J connectivity index is 1.51. The number of piperazine rings is 1. The maximum atomic E-state index is 8.72. The predicted octanol–water partition coefficient (Wildman–Crippen LogP) is 5.56. The lowest BCUT2D eigenvalue weighted by Gasteiger charge is -2.40. The van der Waals surface area contributed by atoms with Gasteiger partial charge in [0.15, 0.2) is 0 Å². The van der Waals surface area contributed by atoms with E-state index in [-0.39, 0.29) is 12.6 Å². The van der Waals surface area contributed by atoms with Crippen molar-refractivity contribution in [2.24, 2.45) is 0 Å². The van der Waals surface area contributed by atoms with E-state index in [9.17, 15) is 0 Å². The van der Waals surface area contributed by atoms with Gasteiger partial charge in [-0.3, -0.25) is 9.80 Å². The SMILES string of the molecule is [2H]C(c1cccc(C)c1)N1CCN(C(c2ccccc2)c2ccc(Cl)cc2)CC1. The minimum atomic E-state index is -0.303. The van der Waals surface area contributed by atoms with Crippen molar-refractivity contribution >= 4 is 11.6 Å². The quantitative estimate of drug-likeness (QED) is 0.562. The summed E-state index contributed by atoms with van der Waals surface area (Å²) >= 11 is 6.13. The first-order valence-electron chi connectivity index (χ1n) is 10.5. The second-order valence-electron chi connectivity index (χ2n) is 7.48. The molecule has 0 aliphatic carbocycles. The van der Waals surface area contributed by atoms with Crippen molar-refractivity contribution in [3.05, 3.63) is 106 Å². The second kappa shape index (κ2) is 8.91. The lowest BCUT2D eigenvalue weighted by Crippen LogP contribution is -2.47. The molecule has 1 fully saturated rings. The summed E-state index contributed by atoms with van der Waals surface area (Å²) in [5.74, 6) is 0. The number of hydrogen-bond acceptors (Lipinski definition) is 2. The van der Waals surface area contributed by atoms with E-state index in [2.05, 4.69) is 83.5 Å². The van der Waals surface area contributed by atoms with Gasteiger partial charge in [-0.25, -0.2) is 0 Å². The van der Waals surface area contributed by atoms with Crippen molar-refractivity contribution in [1.82, 2.24) is 9.80 Å². The zero-order valence-electron chi connectivity index (χ0n) is 17.3. The van der Waals surface area contributed by atoms with Gasteiger partial charge in [0.2, 0.25) is 0 Å². The first kappa shape index (κ1) is 17.9. The summed E-state index contributed by atoms with van der Waals surface area (Å²) < 4.78 is 8.72. The Morgan fingerprint density at radius 2 is 1.54 bits per heavy atom. The monoisotopic (exact) mass is 391 g/mol. The van der Waals surface area contributed by atoms with Gasteiger partial charge in [0.05, 0.1) is 6.04 Å². The average Bonchev–Trinajstić information content (AvgIpc) is 2.76. The number of halogens is 1. The summed E-state index contributed by atoms with van der Waals surface area (Å²) in [6.07, 6.45) is 0. The summed E-state index contributed by atoms with van der Waals surface area (Å²) in [6, 6.07) is 27.4. The van der Waals surface area contributed by atoms with E-state index in [4.69, 9.17) is 13.0 Å². The highest BCUT2D eigenvalue weighted by molar-refractivity contribution is 6.30. The topological polar surface area (TPSA) is 6.48 Å². The van der Waals surface area contributed by atoms with E-state index >= 15 is 0 Å². The van der Waals surface area contributed by atoms with Crippen molar-refractivity contribution in [2.75, 3.05) is 26.2 Å². The molecular weight excluding hydrogens is 364 g/mol. The average molecular weight is 392 g/mol. The first-order chi connectivity index (χ1) is 14.1. The molecule has 0 spiro atoms. The molecular formula is C25H27ClN2. The van der Waals surface area contributed by atoms with Gasteiger partial charge >= 0.3 is 0 Å². The van der Waals surface area contributed by atoms with Gasteiger partial charge in [-0.05, 0) is 35.7 Å². The Morgan fingerprint density at radius 3 is 2.21 bits per heavy atom. The molecule has 1 saturated heterocycles. The fraction of sp³-hybridized carbons (Fsp3) is 0.280. The van der Waals surface area contributed by atoms with Crippen LogP contribution < -0.4 is 0 Å². The maximum Gasteiger partial charge on any atom is 0.0602 e. The molecule has 0 saturated carbocycles. The van der Waals surface area contributed by atoms with E-state index in [1.807, 2.05) is 12.1 Å². The molecule has 1 aliphatic rings. The highest BCUT2D eigenvalue weighted by atomic mass is 35.5. The van der Waals surface area contributed by atoms with Crippen molar-refractivity contribution in [3.8, 4) is 0 Å². The third-order valence-corrected chi connectivity index (χ3v) is 5.64. The molecule has 2 atom stereocenters. The zero-order valence-corrected chi connectivity index (χ0v) is 17.0. The third-order valence-electron chi connectivity index (χ3n) is 5.39. The van der Waals surface area contributed by atoms with E-state index in [0.717, 1.165) is 36.8 Å². The lowest BCUT2D eigenvalue weighted by molar-refractivity contribution is 0.105. The summed E-state index contributed by atoms with van der Waals surface area (Å²) in [4.78, 5) is 4.80. The first-order valence-corrected chi connectivity index (χ1v) is 10.3. The molecule has 3 heteroatoms. The molecule has 0 amide bonds. The maximum absolute atomic E-state index is 8.72. The predicted molar refractivity (Wildman–Crippen MR) is 118 cm³/mol. The second-order valence-corrected chi connectivity index (χ2v) is 7.92. The van der Waals surface area contributed by atoms with Crippen LogP contribution in [0.25, 0.3) is 0 Å². The van der Waals surface area contributed by atoms with E-state index in [0.29, 0.717) is 0 Å². The highest BCUT2D eigenvalue weighted by Crippen LogP contribution is 2.30. The Bertz CT molecular complexity index is 921. The van der Waals surface area contributed by atoms with Crippen LogP contribution in [0.3, 0.4) is 0 Å². The molecule has 1 aliphatic heterocycles. The number of benzene rings is 3. The largest absolute Gasteiger partial charge is 0.297 e. The summed E-state index contributed by atoms with van der Waals surface area (Å²) in [5, 5.41) is 0.764. The fourth-order valence-corrected chi connectivity index (χ4v) is 4.11. The van der Waals surface area contributed by atoms with Crippen LogP contribution >= 0.6 is 11.6 Å². The zero-order chi connectivity index (χ0) is 20.2. The Kier molecular flexibility index (Phi) is 5.71. The molecule has 1 heterocycles. The van der Waals surface area contributed by atoms with E-state index in [1.165, 1.54) is 16.7 Å². The van der Waals surface area contributed by atoms with Crippen molar-refractivity contribution in [3.63, 3.8) is 0 Å². The smallest absolute Gasteiger partial charge is 0.0602 e. The number of nitrogens with zero attached hydrogens (tertiary/aromatic N) is 2. The molecule has 3 aromatic carbocycles. The fourth-order valence-electron chi connectivity index (χ4n) is 3.98. The minimum absolute atomic E-state index is 0.207. The molecule has 3 aromatic rings. The van der Waals surface area contributed by atoms with Crippen LogP contribution in [-0.4, -0.2) is 36.0 Å². The molecule has 4 rings (SSSR count). The van der Waals surface area contributed by atoms with Crippen LogP contribution in [0.2, 0.25) is 5.02 Å². The van der Waals surface area contributed by atoms with Crippen LogP contribution in [0, 0.1) is 6.92 Å². The summed E-state index contributed by atoms with van der Waals surface area (Å²) in [5.41, 5.74) is 4.85. The molecule has 0 aromatic heterocycles. The number of rotatable bonds is 5. The molecule has 0 radical (unpaired) electrons. The molecule has 0 bridgehead atoms. The van der Waals surface area contributed by atoms with Gasteiger partial charge in [-0.2, -0.15) is 0 Å². The van der Waals surface area contributed by atoms with Crippen molar-refractivity contribution in [2.45, 2.75) is 19.5 Å². The summed E-state index contributed by atoms with van der Waals surface area (Å²) in [6.45, 7) is 5.43. The Morgan fingerprint density at radius 1 is 0.857 bits per heavy atom. The molecule has 28 heavy (non-hydrogen) atoms.